The van der Waals surface area contributed by atoms with Gasteiger partial charge in [-0.1, -0.05) is 41.7 Å². The normalized spacial score (nSPS) is 15.3. The van der Waals surface area contributed by atoms with E-state index >= 15 is 0 Å². The molecule has 0 spiro atoms. The maximum absolute atomic E-state index is 14.7. The number of anilines is 3. The Balaban J connectivity index is 1.46. The van der Waals surface area contributed by atoms with Crippen molar-refractivity contribution >= 4 is 45.9 Å². The Morgan fingerprint density at radius 2 is 2.03 bits per heavy atom. The van der Waals surface area contributed by atoms with Gasteiger partial charge < -0.3 is 15.8 Å². The summed E-state index contributed by atoms with van der Waals surface area (Å²) in [7, 11) is 0. The van der Waals surface area contributed by atoms with Gasteiger partial charge in [0, 0.05) is 6.92 Å². The smallest absolute Gasteiger partial charge is 0.414 e. The Labute approximate surface area is 192 Å². The first-order valence-electron chi connectivity index (χ1n) is 9.97. The third-order valence-corrected chi connectivity index (χ3v) is 5.91. The number of nitrogens with two attached hydrogens (primary N) is 1. The molecule has 3 aromatic rings. The van der Waals surface area contributed by atoms with Gasteiger partial charge in [0.1, 0.15) is 17.7 Å². The van der Waals surface area contributed by atoms with Crippen LogP contribution in [0.15, 0.2) is 48.5 Å². The van der Waals surface area contributed by atoms with Crippen molar-refractivity contribution in [2.75, 3.05) is 29.0 Å². The Morgan fingerprint density at radius 3 is 2.73 bits per heavy atom. The summed E-state index contributed by atoms with van der Waals surface area (Å²) in [6, 6.07) is 13.2. The van der Waals surface area contributed by atoms with E-state index in [1.54, 1.807) is 0 Å². The minimum Gasteiger partial charge on any atom is -0.442 e. The van der Waals surface area contributed by atoms with Crippen molar-refractivity contribution in [1.82, 2.24) is 10.3 Å². The lowest BCUT2D eigenvalue weighted by Gasteiger charge is -2.14. The molecule has 170 valence electrons. The van der Waals surface area contributed by atoms with Crippen molar-refractivity contribution in [2.24, 2.45) is 0 Å². The molecule has 0 radical (unpaired) electrons. The molecule has 1 aromatic heterocycles. The summed E-state index contributed by atoms with van der Waals surface area (Å²) in [6.45, 7) is 1.66. The molecule has 1 atom stereocenters. The average Bonchev–Trinajstić information content (AvgIpc) is 3.34. The van der Waals surface area contributed by atoms with Crippen molar-refractivity contribution in [2.45, 2.75) is 13.0 Å². The number of nitrogen functional groups attached to an aromatic ring is 1. The highest BCUT2D eigenvalue weighted by Crippen LogP contribution is 2.35. The molecule has 0 saturated carbocycles. The molecule has 9 nitrogen and oxygen atoms in total. The number of cyclic esters (lactones) is 1. The SMILES string of the molecule is CC(=O)NCC1CN(c2ccc(C(=O)Nc3nc(N)c(-c4ccccc4)s3)c(F)c2)C(=O)O1. The van der Waals surface area contributed by atoms with Gasteiger partial charge >= 0.3 is 6.09 Å². The summed E-state index contributed by atoms with van der Waals surface area (Å²) in [4.78, 5) is 41.9. The van der Waals surface area contributed by atoms with Crippen LogP contribution >= 0.6 is 11.3 Å². The van der Waals surface area contributed by atoms with Gasteiger partial charge in [0.05, 0.1) is 29.2 Å². The molecule has 4 rings (SSSR count). The number of benzene rings is 2. The summed E-state index contributed by atoms with van der Waals surface area (Å²) in [5.74, 6) is -1.49. The number of ether oxygens (including phenoxy) is 1. The fourth-order valence-electron chi connectivity index (χ4n) is 3.30. The van der Waals surface area contributed by atoms with Crippen LogP contribution in [0.2, 0.25) is 0 Å². The molecule has 1 unspecified atom stereocenters. The summed E-state index contributed by atoms with van der Waals surface area (Å²) in [6.07, 6.45) is -1.21. The summed E-state index contributed by atoms with van der Waals surface area (Å²) in [5.41, 5.74) is 6.86. The van der Waals surface area contributed by atoms with E-state index in [9.17, 15) is 18.8 Å². The van der Waals surface area contributed by atoms with E-state index in [0.29, 0.717) is 4.88 Å². The van der Waals surface area contributed by atoms with Gasteiger partial charge in [0.2, 0.25) is 5.91 Å². The molecular weight excluding hydrogens is 449 g/mol. The molecule has 3 amide bonds. The minimum absolute atomic E-state index is 0.144. The lowest BCUT2D eigenvalue weighted by molar-refractivity contribution is -0.119. The van der Waals surface area contributed by atoms with Gasteiger partial charge in [-0.05, 0) is 23.8 Å². The van der Waals surface area contributed by atoms with Crippen LogP contribution in [0.4, 0.5) is 25.8 Å². The third kappa shape index (κ3) is 4.93. The molecule has 1 saturated heterocycles. The monoisotopic (exact) mass is 469 g/mol. The molecule has 1 fully saturated rings. The predicted molar refractivity (Wildman–Crippen MR) is 123 cm³/mol. The molecule has 0 aliphatic carbocycles. The second-order valence-corrected chi connectivity index (χ2v) is 8.27. The zero-order valence-electron chi connectivity index (χ0n) is 17.5. The summed E-state index contributed by atoms with van der Waals surface area (Å²) < 4.78 is 19.9. The van der Waals surface area contributed by atoms with Gasteiger partial charge in [-0.3, -0.25) is 19.8 Å². The fourth-order valence-corrected chi connectivity index (χ4v) is 4.18. The second kappa shape index (κ2) is 9.25. The van der Waals surface area contributed by atoms with Crippen LogP contribution in [0.25, 0.3) is 10.4 Å². The highest BCUT2D eigenvalue weighted by molar-refractivity contribution is 7.19. The number of carbonyl (C=O) groups is 3. The molecule has 2 aromatic carbocycles. The topological polar surface area (TPSA) is 127 Å². The van der Waals surface area contributed by atoms with Crippen molar-refractivity contribution in [3.63, 3.8) is 0 Å². The number of carbonyl (C=O) groups excluding carboxylic acids is 3. The maximum atomic E-state index is 14.7. The third-order valence-electron chi connectivity index (χ3n) is 4.87. The molecule has 1 aliphatic rings. The van der Waals surface area contributed by atoms with Crippen molar-refractivity contribution in [3.05, 3.63) is 59.9 Å². The summed E-state index contributed by atoms with van der Waals surface area (Å²) in [5, 5.41) is 5.38. The van der Waals surface area contributed by atoms with Crippen LogP contribution in [0, 0.1) is 5.82 Å². The van der Waals surface area contributed by atoms with Gasteiger partial charge in [0.25, 0.3) is 5.91 Å². The Kier molecular flexibility index (Phi) is 6.22. The van der Waals surface area contributed by atoms with Crippen molar-refractivity contribution in [1.29, 1.82) is 0 Å². The molecule has 2 heterocycles. The minimum atomic E-state index is -0.809. The highest BCUT2D eigenvalue weighted by atomic mass is 32.1. The molecular formula is C22H20FN5O4S. The summed E-state index contributed by atoms with van der Waals surface area (Å²) >= 11 is 1.18. The van der Waals surface area contributed by atoms with Crippen molar-refractivity contribution < 1.29 is 23.5 Å². The van der Waals surface area contributed by atoms with Crippen LogP contribution in [0.1, 0.15) is 17.3 Å². The highest BCUT2D eigenvalue weighted by Gasteiger charge is 2.33. The van der Waals surface area contributed by atoms with E-state index in [4.69, 9.17) is 10.5 Å². The number of hydrogen-bond donors (Lipinski definition) is 3. The fraction of sp³-hybridized carbons (Fsp3) is 0.182. The van der Waals surface area contributed by atoms with Crippen LogP contribution in [0.5, 0.6) is 0 Å². The molecule has 11 heteroatoms. The van der Waals surface area contributed by atoms with E-state index in [1.807, 2.05) is 30.3 Å². The first kappa shape index (κ1) is 22.2. The lowest BCUT2D eigenvalue weighted by atomic mass is 10.1. The average molecular weight is 469 g/mol. The Bertz CT molecular complexity index is 1220. The number of nitrogens with one attached hydrogen (secondary N) is 2. The quantitative estimate of drug-likeness (QED) is 0.509. The van der Waals surface area contributed by atoms with Gasteiger partial charge in [0.15, 0.2) is 5.13 Å². The number of aromatic nitrogens is 1. The lowest BCUT2D eigenvalue weighted by Crippen LogP contribution is -2.33. The van der Waals surface area contributed by atoms with Crippen LogP contribution in [-0.2, 0) is 9.53 Å². The predicted octanol–water partition coefficient (Wildman–Crippen LogP) is 3.25. The number of thiazole rings is 1. The molecule has 33 heavy (non-hydrogen) atoms. The van der Waals surface area contributed by atoms with Crippen LogP contribution in [-0.4, -0.2) is 42.1 Å². The van der Waals surface area contributed by atoms with Gasteiger partial charge in [-0.15, -0.1) is 0 Å². The molecule has 0 bridgehead atoms. The van der Waals surface area contributed by atoms with E-state index in [0.717, 1.165) is 11.6 Å². The molecule has 4 N–H and O–H groups in total. The first-order valence-corrected chi connectivity index (χ1v) is 10.8. The van der Waals surface area contributed by atoms with Crippen molar-refractivity contribution in [3.8, 4) is 10.4 Å². The largest absolute Gasteiger partial charge is 0.442 e. The number of rotatable bonds is 6. The maximum Gasteiger partial charge on any atom is 0.414 e. The number of halogens is 1. The molecule has 1 aliphatic heterocycles. The second-order valence-electron chi connectivity index (χ2n) is 7.27. The number of hydrogen-bond acceptors (Lipinski definition) is 7. The van der Waals surface area contributed by atoms with Crippen LogP contribution in [0.3, 0.4) is 0 Å². The Morgan fingerprint density at radius 1 is 1.27 bits per heavy atom. The van der Waals surface area contributed by atoms with E-state index in [2.05, 4.69) is 15.6 Å². The van der Waals surface area contributed by atoms with E-state index < -0.39 is 23.9 Å². The van der Waals surface area contributed by atoms with Gasteiger partial charge in [-0.25, -0.2) is 14.2 Å². The number of amides is 3. The standard InChI is InChI=1S/C22H20FN5O4S/c1-12(29)25-10-15-11-28(22(31)32-15)14-7-8-16(17(23)9-14)20(30)27-21-26-19(24)18(33-21)13-5-3-2-4-6-13/h2-9,15H,10-11,24H2,1H3,(H,25,29)(H,26,27,30). The van der Waals surface area contributed by atoms with E-state index in [-0.39, 0.29) is 41.2 Å². The van der Waals surface area contributed by atoms with Gasteiger partial charge in [-0.2, -0.15) is 0 Å². The first-order chi connectivity index (χ1) is 15.8. The van der Waals surface area contributed by atoms with Crippen LogP contribution < -0.4 is 21.3 Å². The van der Waals surface area contributed by atoms with E-state index in [1.165, 1.54) is 35.3 Å². The zero-order valence-corrected chi connectivity index (χ0v) is 18.3. The number of nitrogens with zero attached hydrogens (tertiary/aromatic N) is 2. The Hall–Kier alpha value is -3.99. The zero-order chi connectivity index (χ0) is 23.5.